The van der Waals surface area contributed by atoms with E-state index in [1.807, 2.05) is 0 Å². The lowest BCUT2D eigenvalue weighted by molar-refractivity contribution is 0.101. The molecule has 176 valence electrons. The minimum Gasteiger partial charge on any atom is -0.491 e. The van der Waals surface area contributed by atoms with Crippen molar-refractivity contribution in [3.8, 4) is 17.1 Å². The molecule has 2 aromatic carbocycles. The number of carbonyl (C=O) groups is 1. The first kappa shape index (κ1) is 24.8. The van der Waals surface area contributed by atoms with E-state index in [0.717, 1.165) is 36.2 Å². The molecule has 8 heteroatoms. The quantitative estimate of drug-likeness (QED) is 0.309. The number of Topliss-reactive ketones (excluding diaryl/α,β-unsaturated/α-hetero) is 1. The van der Waals surface area contributed by atoms with Crippen LogP contribution in [0.4, 0.5) is 5.69 Å². The number of benzene rings is 2. The first-order valence-electron chi connectivity index (χ1n) is 11.3. The van der Waals surface area contributed by atoms with Gasteiger partial charge in [-0.2, -0.15) is 0 Å². The van der Waals surface area contributed by atoms with Gasteiger partial charge in [-0.3, -0.25) is 4.79 Å². The molecule has 7 nitrogen and oxygen atoms in total. The lowest BCUT2D eigenvalue weighted by Crippen LogP contribution is -2.21. The van der Waals surface area contributed by atoms with E-state index < -0.39 is 6.10 Å². The van der Waals surface area contributed by atoms with Gasteiger partial charge in [0.25, 0.3) is 0 Å². The van der Waals surface area contributed by atoms with Crippen molar-refractivity contribution in [2.75, 3.05) is 30.3 Å². The summed E-state index contributed by atoms with van der Waals surface area (Å²) in [5.41, 5.74) is 2.85. The minimum absolute atomic E-state index is 0.0113. The van der Waals surface area contributed by atoms with Crippen molar-refractivity contribution >= 4 is 23.2 Å². The topological polar surface area (TPSA) is 80.5 Å². The van der Waals surface area contributed by atoms with E-state index in [0.29, 0.717) is 17.1 Å². The average Bonchev–Trinajstić information content (AvgIpc) is 3.25. The van der Waals surface area contributed by atoms with Crippen molar-refractivity contribution in [3.05, 3.63) is 54.1 Å². The minimum atomic E-state index is -0.665. The highest BCUT2D eigenvalue weighted by Crippen LogP contribution is 2.26. The summed E-state index contributed by atoms with van der Waals surface area (Å²) in [6.07, 6.45) is -0.665. The molecule has 0 bridgehead atoms. The van der Waals surface area contributed by atoms with E-state index in [9.17, 15) is 9.90 Å². The number of anilines is 1. The molecule has 33 heavy (non-hydrogen) atoms. The summed E-state index contributed by atoms with van der Waals surface area (Å²) in [4.78, 5) is 13.7. The van der Waals surface area contributed by atoms with Crippen molar-refractivity contribution in [2.24, 2.45) is 0 Å². The maximum atomic E-state index is 11.4. The van der Waals surface area contributed by atoms with Crippen LogP contribution in [0.1, 0.15) is 38.1 Å². The molecular weight excluding hydrogens is 436 g/mol. The fourth-order valence-electron chi connectivity index (χ4n) is 3.50. The Balaban J connectivity index is 1.59. The first-order valence-corrected chi connectivity index (χ1v) is 12.3. The maximum Gasteiger partial charge on any atom is 0.191 e. The van der Waals surface area contributed by atoms with Gasteiger partial charge in [-0.15, -0.1) is 10.2 Å². The number of hydrogen-bond acceptors (Lipinski definition) is 7. The lowest BCUT2D eigenvalue weighted by atomic mass is 10.1. The van der Waals surface area contributed by atoms with Crippen LogP contribution in [0, 0.1) is 0 Å². The molecular formula is C25H32N4O3S. The Hall–Kier alpha value is -2.84. The van der Waals surface area contributed by atoms with E-state index in [4.69, 9.17) is 4.74 Å². The number of hydrogen-bond donors (Lipinski definition) is 1. The highest BCUT2D eigenvalue weighted by atomic mass is 32.2. The Kier molecular flexibility index (Phi) is 8.91. The number of ether oxygens (including phenoxy) is 1. The number of nitrogens with zero attached hydrogens (tertiary/aromatic N) is 4. The van der Waals surface area contributed by atoms with Crippen LogP contribution in [-0.2, 0) is 6.54 Å². The summed E-state index contributed by atoms with van der Waals surface area (Å²) in [7, 11) is 0. The van der Waals surface area contributed by atoms with Gasteiger partial charge in [0.1, 0.15) is 12.4 Å². The Morgan fingerprint density at radius 1 is 1.06 bits per heavy atom. The van der Waals surface area contributed by atoms with Gasteiger partial charge in [0.15, 0.2) is 16.8 Å². The van der Waals surface area contributed by atoms with Crippen LogP contribution in [0.15, 0.2) is 53.7 Å². The van der Waals surface area contributed by atoms with Crippen LogP contribution in [0.25, 0.3) is 11.4 Å². The van der Waals surface area contributed by atoms with Crippen LogP contribution in [0.2, 0.25) is 0 Å². The monoisotopic (exact) mass is 468 g/mol. The Morgan fingerprint density at radius 2 is 1.73 bits per heavy atom. The molecule has 0 amide bonds. The highest BCUT2D eigenvalue weighted by Gasteiger charge is 2.16. The van der Waals surface area contributed by atoms with Crippen molar-refractivity contribution < 1.29 is 14.6 Å². The normalized spacial score (nSPS) is 11.9. The molecule has 0 radical (unpaired) electrons. The number of aliphatic hydroxyl groups is 1. The summed E-state index contributed by atoms with van der Waals surface area (Å²) >= 11 is 1.46. The van der Waals surface area contributed by atoms with Crippen LogP contribution >= 0.6 is 11.8 Å². The predicted molar refractivity (Wildman–Crippen MR) is 133 cm³/mol. The van der Waals surface area contributed by atoms with Crippen LogP contribution in [0.5, 0.6) is 5.75 Å². The van der Waals surface area contributed by atoms with Crippen molar-refractivity contribution in [3.63, 3.8) is 0 Å². The van der Waals surface area contributed by atoms with Crippen LogP contribution in [0.3, 0.4) is 0 Å². The summed E-state index contributed by atoms with van der Waals surface area (Å²) in [6.45, 7) is 10.7. The molecule has 1 heterocycles. The standard InChI is InChI=1S/C25H32N4O3S/c1-5-28(6-2)21-12-8-20(9-13-21)24-26-27-25(29(24)7-3)33-17-22(31)16-32-23-14-10-19(11-15-23)18(4)30/h8-15,22,31H,5-7,16-17H2,1-4H3. The van der Waals surface area contributed by atoms with Gasteiger partial charge in [0.05, 0.1) is 6.10 Å². The molecule has 0 aliphatic heterocycles. The highest BCUT2D eigenvalue weighted by molar-refractivity contribution is 7.99. The van der Waals surface area contributed by atoms with Crippen molar-refractivity contribution in [1.29, 1.82) is 0 Å². The second kappa shape index (κ2) is 11.9. The number of carbonyl (C=O) groups excluding carboxylic acids is 1. The molecule has 0 saturated heterocycles. The Labute approximate surface area is 199 Å². The van der Waals surface area contributed by atoms with E-state index in [-0.39, 0.29) is 12.4 Å². The van der Waals surface area contributed by atoms with Gasteiger partial charge >= 0.3 is 0 Å². The zero-order chi connectivity index (χ0) is 23.8. The summed E-state index contributed by atoms with van der Waals surface area (Å²) < 4.78 is 7.71. The Morgan fingerprint density at radius 3 is 2.30 bits per heavy atom. The van der Waals surface area contributed by atoms with Gasteiger partial charge in [0, 0.05) is 42.2 Å². The zero-order valence-corrected chi connectivity index (χ0v) is 20.5. The fourth-order valence-corrected chi connectivity index (χ4v) is 4.41. The number of rotatable bonds is 12. The second-order valence-corrected chi connectivity index (χ2v) is 8.61. The second-order valence-electron chi connectivity index (χ2n) is 7.63. The van der Waals surface area contributed by atoms with Gasteiger partial charge in [-0.05, 0) is 76.2 Å². The zero-order valence-electron chi connectivity index (χ0n) is 19.7. The smallest absolute Gasteiger partial charge is 0.191 e. The number of ketones is 1. The van der Waals surface area contributed by atoms with E-state index in [1.165, 1.54) is 24.4 Å². The van der Waals surface area contributed by atoms with Gasteiger partial charge < -0.3 is 19.3 Å². The molecule has 3 aromatic rings. The lowest BCUT2D eigenvalue weighted by Gasteiger charge is -2.21. The number of aromatic nitrogens is 3. The molecule has 0 saturated carbocycles. The fraction of sp³-hybridized carbons (Fsp3) is 0.400. The van der Waals surface area contributed by atoms with Gasteiger partial charge in [0.2, 0.25) is 0 Å². The van der Waals surface area contributed by atoms with Crippen LogP contribution < -0.4 is 9.64 Å². The number of thioether (sulfide) groups is 1. The Bertz CT molecular complexity index is 1030. The molecule has 1 aromatic heterocycles. The molecule has 0 aliphatic rings. The largest absolute Gasteiger partial charge is 0.491 e. The first-order chi connectivity index (χ1) is 16.0. The molecule has 0 fully saturated rings. The molecule has 0 spiro atoms. The number of aliphatic hydroxyl groups excluding tert-OH is 1. The van der Waals surface area contributed by atoms with Crippen LogP contribution in [-0.4, -0.2) is 57.2 Å². The molecule has 3 rings (SSSR count). The predicted octanol–water partition coefficient (Wildman–Crippen LogP) is 4.55. The third-order valence-corrected chi connectivity index (χ3v) is 6.51. The summed E-state index contributed by atoms with van der Waals surface area (Å²) in [5, 5.41) is 19.9. The molecule has 0 aliphatic carbocycles. The van der Waals surface area contributed by atoms with Gasteiger partial charge in [-0.25, -0.2) is 0 Å². The van der Waals surface area contributed by atoms with E-state index in [1.54, 1.807) is 24.3 Å². The third kappa shape index (κ3) is 6.36. The van der Waals surface area contributed by atoms with E-state index >= 15 is 0 Å². The third-order valence-electron chi connectivity index (χ3n) is 5.40. The molecule has 1 N–H and O–H groups in total. The average molecular weight is 469 g/mol. The molecule has 1 atom stereocenters. The van der Waals surface area contributed by atoms with Gasteiger partial charge in [-0.1, -0.05) is 11.8 Å². The van der Waals surface area contributed by atoms with Crippen molar-refractivity contribution in [2.45, 2.75) is 45.5 Å². The van der Waals surface area contributed by atoms with E-state index in [2.05, 4.69) is 64.7 Å². The SMILES string of the molecule is CCN(CC)c1ccc(-c2nnc(SCC(O)COc3ccc(C(C)=O)cc3)n2CC)cc1. The maximum absolute atomic E-state index is 11.4. The summed E-state index contributed by atoms with van der Waals surface area (Å²) in [6, 6.07) is 15.3. The summed E-state index contributed by atoms with van der Waals surface area (Å²) in [5.74, 6) is 1.89. The molecule has 1 unspecified atom stereocenters. The van der Waals surface area contributed by atoms with Crippen molar-refractivity contribution in [1.82, 2.24) is 14.8 Å².